The topological polar surface area (TPSA) is 90.7 Å². The molecule has 1 N–H and O–H groups in total. The van der Waals surface area contributed by atoms with Gasteiger partial charge in [0.1, 0.15) is 5.60 Å². The first kappa shape index (κ1) is 18.4. The SMILES string of the molecule is CC[C@@]1(O)C(=O)Cc2c1cc1n(c2=O)Cc2c-1nc1cc3c(cc1c2C1CCC1)OCO3. The van der Waals surface area contributed by atoms with Gasteiger partial charge in [0.15, 0.2) is 17.3 Å². The van der Waals surface area contributed by atoms with Gasteiger partial charge in [0.05, 0.1) is 23.4 Å². The lowest BCUT2D eigenvalue weighted by atomic mass is 9.76. The Balaban J connectivity index is 1.53. The second-order valence-electron chi connectivity index (χ2n) is 9.33. The number of aromatic nitrogens is 2. The monoisotopic (exact) mass is 430 g/mol. The smallest absolute Gasteiger partial charge is 0.255 e. The summed E-state index contributed by atoms with van der Waals surface area (Å²) in [5, 5.41) is 12.1. The molecular formula is C25H22N2O5. The van der Waals surface area contributed by atoms with Crippen LogP contribution in [0.15, 0.2) is 23.0 Å². The van der Waals surface area contributed by atoms with Crippen LogP contribution in [0.3, 0.4) is 0 Å². The average molecular weight is 430 g/mol. The molecule has 1 saturated carbocycles. The molecule has 4 aliphatic rings. The maximum absolute atomic E-state index is 13.4. The van der Waals surface area contributed by atoms with Crippen LogP contribution in [0.25, 0.3) is 22.3 Å². The van der Waals surface area contributed by atoms with Gasteiger partial charge in [0.25, 0.3) is 5.56 Å². The summed E-state index contributed by atoms with van der Waals surface area (Å²) in [4.78, 5) is 30.9. The third-order valence-corrected chi connectivity index (χ3v) is 7.85. The molecule has 3 aromatic rings. The van der Waals surface area contributed by atoms with Crippen molar-refractivity contribution in [3.63, 3.8) is 0 Å². The molecule has 0 bridgehead atoms. The van der Waals surface area contributed by atoms with E-state index in [0.29, 0.717) is 35.0 Å². The van der Waals surface area contributed by atoms with Crippen LogP contribution in [0.5, 0.6) is 11.5 Å². The molecule has 7 rings (SSSR count). The zero-order valence-electron chi connectivity index (χ0n) is 17.7. The molecule has 0 saturated heterocycles. The molecule has 2 aliphatic heterocycles. The summed E-state index contributed by atoms with van der Waals surface area (Å²) in [7, 11) is 0. The number of benzene rings is 1. The summed E-state index contributed by atoms with van der Waals surface area (Å²) in [6, 6.07) is 5.77. The van der Waals surface area contributed by atoms with Crippen LogP contribution in [0.4, 0.5) is 0 Å². The van der Waals surface area contributed by atoms with E-state index in [0.717, 1.165) is 40.8 Å². The van der Waals surface area contributed by atoms with Crippen molar-refractivity contribution >= 4 is 16.7 Å². The van der Waals surface area contributed by atoms with Gasteiger partial charge in [-0.1, -0.05) is 13.3 Å². The third-order valence-electron chi connectivity index (χ3n) is 7.85. The summed E-state index contributed by atoms with van der Waals surface area (Å²) in [6.45, 7) is 2.42. The fourth-order valence-electron chi connectivity index (χ4n) is 5.84. The number of Topliss-reactive ketones (excluding diaryl/α,β-unsaturated/α-hetero) is 1. The number of pyridine rings is 2. The predicted molar refractivity (Wildman–Crippen MR) is 116 cm³/mol. The Bertz CT molecular complexity index is 1430. The lowest BCUT2D eigenvalue weighted by molar-refractivity contribution is -0.136. The van der Waals surface area contributed by atoms with Gasteiger partial charge in [-0.25, -0.2) is 4.98 Å². The summed E-state index contributed by atoms with van der Waals surface area (Å²) in [6.07, 6.45) is 3.66. The summed E-state index contributed by atoms with van der Waals surface area (Å²) in [5.41, 5.74) is 3.70. The molecule has 2 aliphatic carbocycles. The highest BCUT2D eigenvalue weighted by molar-refractivity contribution is 5.96. The van der Waals surface area contributed by atoms with Gasteiger partial charge in [-0.2, -0.15) is 0 Å². The van der Waals surface area contributed by atoms with Crippen LogP contribution in [0.1, 0.15) is 60.8 Å². The lowest BCUT2D eigenvalue weighted by Crippen LogP contribution is -2.31. The van der Waals surface area contributed by atoms with Crippen molar-refractivity contribution in [2.75, 3.05) is 6.79 Å². The number of rotatable bonds is 2. The third kappa shape index (κ3) is 2.12. The van der Waals surface area contributed by atoms with Crippen LogP contribution in [0, 0.1) is 0 Å². The van der Waals surface area contributed by atoms with Crippen molar-refractivity contribution in [1.29, 1.82) is 0 Å². The zero-order valence-corrected chi connectivity index (χ0v) is 17.7. The van der Waals surface area contributed by atoms with Gasteiger partial charge >= 0.3 is 0 Å². The second-order valence-corrected chi connectivity index (χ2v) is 9.33. The Hall–Kier alpha value is -3.19. The van der Waals surface area contributed by atoms with E-state index in [4.69, 9.17) is 14.5 Å². The minimum atomic E-state index is -1.59. The molecule has 1 fully saturated rings. The maximum Gasteiger partial charge on any atom is 0.255 e. The van der Waals surface area contributed by atoms with Gasteiger partial charge in [0.2, 0.25) is 6.79 Å². The Morgan fingerprint density at radius 3 is 2.66 bits per heavy atom. The fourth-order valence-corrected chi connectivity index (χ4v) is 5.84. The molecule has 1 atom stereocenters. The van der Waals surface area contributed by atoms with Gasteiger partial charge in [-0.05, 0) is 42.9 Å². The van der Waals surface area contributed by atoms with Crippen molar-refractivity contribution in [1.82, 2.24) is 9.55 Å². The first-order chi connectivity index (χ1) is 15.5. The normalized spacial score (nSPS) is 22.8. The Kier molecular flexibility index (Phi) is 3.44. The van der Waals surface area contributed by atoms with Crippen LogP contribution in [-0.2, 0) is 23.4 Å². The molecule has 2 aromatic heterocycles. The van der Waals surface area contributed by atoms with Gasteiger partial charge in [-0.3, -0.25) is 9.59 Å². The first-order valence-electron chi connectivity index (χ1n) is 11.3. The van der Waals surface area contributed by atoms with Crippen LogP contribution in [-0.4, -0.2) is 27.2 Å². The fraction of sp³-hybridized carbons (Fsp3) is 0.400. The maximum atomic E-state index is 13.4. The van der Waals surface area contributed by atoms with Gasteiger partial charge < -0.3 is 19.1 Å². The molecule has 0 unspecified atom stereocenters. The number of hydrogen-bond donors (Lipinski definition) is 1. The van der Waals surface area contributed by atoms with Crippen LogP contribution >= 0.6 is 0 Å². The number of aliphatic hydroxyl groups is 1. The lowest BCUT2D eigenvalue weighted by Gasteiger charge is -2.29. The van der Waals surface area contributed by atoms with E-state index in [1.165, 1.54) is 12.0 Å². The number of ether oxygens (including phenoxy) is 2. The predicted octanol–water partition coefficient (Wildman–Crippen LogP) is 3.14. The molecule has 162 valence electrons. The van der Waals surface area contributed by atoms with E-state index < -0.39 is 5.60 Å². The number of carbonyl (C=O) groups excluding carboxylic acids is 1. The number of hydrogen-bond acceptors (Lipinski definition) is 6. The second kappa shape index (κ2) is 5.98. The molecule has 7 heteroatoms. The summed E-state index contributed by atoms with van der Waals surface area (Å²) < 4.78 is 12.9. The van der Waals surface area contributed by atoms with E-state index >= 15 is 0 Å². The van der Waals surface area contributed by atoms with Gasteiger partial charge in [-0.15, -0.1) is 0 Å². The Morgan fingerprint density at radius 2 is 1.94 bits per heavy atom. The summed E-state index contributed by atoms with van der Waals surface area (Å²) >= 11 is 0. The highest BCUT2D eigenvalue weighted by atomic mass is 16.7. The van der Waals surface area contributed by atoms with Crippen LogP contribution in [0.2, 0.25) is 0 Å². The molecule has 7 nitrogen and oxygen atoms in total. The number of carbonyl (C=O) groups is 1. The standard InChI is InChI=1S/C25H22N2O5/c1-2-25(30)16-8-18-23-15(10-27(18)24(29)13(16)7-21(25)28)22(12-4-3-5-12)14-6-19-20(32-11-31-19)9-17(14)26-23/h6,8-9,12,30H,2-5,7,10-11H2,1H3/t25-/m0/s1. The van der Waals surface area contributed by atoms with Crippen molar-refractivity contribution < 1.29 is 19.4 Å². The number of fused-ring (bicyclic) bond motifs is 6. The van der Waals surface area contributed by atoms with Crippen molar-refractivity contribution in [2.45, 2.75) is 57.1 Å². The summed E-state index contributed by atoms with van der Waals surface area (Å²) in [5.74, 6) is 1.55. The minimum absolute atomic E-state index is 0.0125. The average Bonchev–Trinajstić information content (AvgIpc) is 3.42. The highest BCUT2D eigenvalue weighted by Gasteiger charge is 2.46. The molecule has 4 heterocycles. The largest absolute Gasteiger partial charge is 0.454 e. The molecule has 0 amide bonds. The zero-order chi connectivity index (χ0) is 21.8. The molecule has 0 radical (unpaired) electrons. The first-order valence-corrected chi connectivity index (χ1v) is 11.3. The number of ketones is 1. The Labute approximate surface area is 183 Å². The van der Waals surface area contributed by atoms with Crippen LogP contribution < -0.4 is 15.0 Å². The van der Waals surface area contributed by atoms with E-state index in [1.807, 2.05) is 18.2 Å². The van der Waals surface area contributed by atoms with E-state index in [2.05, 4.69) is 0 Å². The van der Waals surface area contributed by atoms with E-state index in [9.17, 15) is 14.7 Å². The molecule has 32 heavy (non-hydrogen) atoms. The molecular weight excluding hydrogens is 408 g/mol. The van der Waals surface area contributed by atoms with Gasteiger partial charge in [0, 0.05) is 34.6 Å². The highest BCUT2D eigenvalue weighted by Crippen LogP contribution is 2.49. The minimum Gasteiger partial charge on any atom is -0.454 e. The quantitative estimate of drug-likeness (QED) is 0.525. The van der Waals surface area contributed by atoms with Crippen molar-refractivity contribution in [3.8, 4) is 22.9 Å². The van der Waals surface area contributed by atoms with E-state index in [-0.39, 0.29) is 31.0 Å². The van der Waals surface area contributed by atoms with Crippen molar-refractivity contribution in [2.24, 2.45) is 0 Å². The molecule has 0 spiro atoms. The van der Waals surface area contributed by atoms with E-state index in [1.54, 1.807) is 11.5 Å². The Morgan fingerprint density at radius 1 is 1.16 bits per heavy atom. The molecule has 1 aromatic carbocycles. The van der Waals surface area contributed by atoms with Crippen molar-refractivity contribution in [3.05, 3.63) is 50.8 Å². The number of nitrogens with zero attached hydrogens (tertiary/aromatic N) is 2.